The zero-order chi connectivity index (χ0) is 11.7. The first-order valence-electron chi connectivity index (χ1n) is 6.52. The molecule has 0 spiro atoms. The summed E-state index contributed by atoms with van der Waals surface area (Å²) in [7, 11) is 0.509. The van der Waals surface area contributed by atoms with Gasteiger partial charge >= 0.3 is 0 Å². The van der Waals surface area contributed by atoms with E-state index in [4.69, 9.17) is 0 Å². The van der Waals surface area contributed by atoms with Gasteiger partial charge in [-0.05, 0) is 49.3 Å². The van der Waals surface area contributed by atoms with Crippen molar-refractivity contribution in [3.63, 3.8) is 0 Å². The van der Waals surface area contributed by atoms with Crippen molar-refractivity contribution in [2.75, 3.05) is 11.5 Å². The van der Waals surface area contributed by atoms with E-state index in [2.05, 4.69) is 43.3 Å². The van der Waals surface area contributed by atoms with Crippen molar-refractivity contribution in [1.82, 2.24) is 0 Å². The Morgan fingerprint density at radius 2 is 1.53 bits per heavy atom. The molecule has 0 aromatic heterocycles. The van der Waals surface area contributed by atoms with Gasteiger partial charge in [-0.15, -0.1) is 0 Å². The smallest absolute Gasteiger partial charge is 0.0616 e. The zero-order valence-electron chi connectivity index (χ0n) is 10.4. The first-order chi connectivity index (χ1) is 8.36. The molecular formula is C16H19S+. The Morgan fingerprint density at radius 3 is 2.29 bits per heavy atom. The summed E-state index contributed by atoms with van der Waals surface area (Å²) in [4.78, 5) is 1.62. The second kappa shape index (κ2) is 4.73. The summed E-state index contributed by atoms with van der Waals surface area (Å²) >= 11 is 0. The van der Waals surface area contributed by atoms with Gasteiger partial charge in [0.05, 0.1) is 0 Å². The van der Waals surface area contributed by atoms with E-state index in [0.717, 1.165) is 0 Å². The molecule has 0 N–H and O–H groups in total. The van der Waals surface area contributed by atoms with E-state index in [-0.39, 0.29) is 0 Å². The highest BCUT2D eigenvalue weighted by molar-refractivity contribution is 7.97. The first kappa shape index (κ1) is 11.2. The highest BCUT2D eigenvalue weighted by atomic mass is 32.2. The maximum atomic E-state index is 2.38. The van der Waals surface area contributed by atoms with E-state index in [1.807, 2.05) is 0 Å². The van der Waals surface area contributed by atoms with E-state index in [9.17, 15) is 0 Å². The summed E-state index contributed by atoms with van der Waals surface area (Å²) in [6.45, 7) is 2.22. The van der Waals surface area contributed by atoms with Crippen LogP contribution >= 0.6 is 0 Å². The van der Waals surface area contributed by atoms with Crippen molar-refractivity contribution in [2.24, 2.45) is 0 Å². The topological polar surface area (TPSA) is 0 Å². The van der Waals surface area contributed by atoms with Crippen LogP contribution in [0.25, 0.3) is 10.8 Å². The molecule has 1 aliphatic heterocycles. The van der Waals surface area contributed by atoms with Crippen LogP contribution in [0.2, 0.25) is 0 Å². The van der Waals surface area contributed by atoms with Crippen LogP contribution in [0.4, 0.5) is 0 Å². The molecule has 1 saturated heterocycles. The molecule has 0 saturated carbocycles. The Balaban J connectivity index is 2.12. The van der Waals surface area contributed by atoms with Crippen LogP contribution in [-0.4, -0.2) is 11.5 Å². The van der Waals surface area contributed by atoms with Gasteiger partial charge in [0.1, 0.15) is 11.5 Å². The minimum atomic E-state index is 0.509. The molecule has 0 unspecified atom stereocenters. The van der Waals surface area contributed by atoms with E-state index >= 15 is 0 Å². The Morgan fingerprint density at radius 1 is 0.824 bits per heavy atom. The van der Waals surface area contributed by atoms with Crippen molar-refractivity contribution in [3.8, 4) is 0 Å². The van der Waals surface area contributed by atoms with Crippen molar-refractivity contribution in [2.45, 2.75) is 31.1 Å². The van der Waals surface area contributed by atoms with Gasteiger partial charge in [-0.2, -0.15) is 0 Å². The number of fused-ring (bicyclic) bond motifs is 1. The van der Waals surface area contributed by atoms with Crippen LogP contribution in [0.3, 0.4) is 0 Å². The van der Waals surface area contributed by atoms with E-state index in [1.165, 1.54) is 47.1 Å². The predicted molar refractivity (Wildman–Crippen MR) is 77.9 cm³/mol. The highest BCUT2D eigenvalue weighted by Gasteiger charge is 2.26. The second-order valence-corrected chi connectivity index (χ2v) is 7.13. The largest absolute Gasteiger partial charge is 0.162 e. The normalized spacial score (nSPS) is 17.5. The van der Waals surface area contributed by atoms with Crippen molar-refractivity contribution in [1.29, 1.82) is 0 Å². The Kier molecular flexibility index (Phi) is 3.11. The van der Waals surface area contributed by atoms with Gasteiger partial charge in [0.25, 0.3) is 0 Å². The number of aryl methyl sites for hydroxylation is 1. The number of benzene rings is 2. The quantitative estimate of drug-likeness (QED) is 0.655. The van der Waals surface area contributed by atoms with Gasteiger partial charge in [-0.1, -0.05) is 24.3 Å². The molecule has 0 bridgehead atoms. The predicted octanol–water partition coefficient (Wildman–Crippen LogP) is 4.31. The maximum absolute atomic E-state index is 2.38. The minimum absolute atomic E-state index is 0.509. The van der Waals surface area contributed by atoms with Gasteiger partial charge < -0.3 is 0 Å². The molecule has 3 rings (SSSR count). The average Bonchev–Trinajstić information content (AvgIpc) is 2.41. The third-order valence-corrected chi connectivity index (χ3v) is 6.24. The van der Waals surface area contributed by atoms with Gasteiger partial charge in [-0.3, -0.25) is 0 Å². The fourth-order valence-electron chi connectivity index (χ4n) is 2.73. The molecule has 1 aliphatic rings. The highest BCUT2D eigenvalue weighted by Crippen LogP contribution is 2.30. The molecule has 2 aromatic carbocycles. The Labute approximate surface area is 106 Å². The van der Waals surface area contributed by atoms with Crippen LogP contribution < -0.4 is 0 Å². The summed E-state index contributed by atoms with van der Waals surface area (Å²) in [6, 6.07) is 13.6. The van der Waals surface area contributed by atoms with Crippen LogP contribution in [-0.2, 0) is 10.9 Å². The van der Waals surface area contributed by atoms with Crippen LogP contribution in [0, 0.1) is 6.92 Å². The molecule has 88 valence electrons. The molecule has 1 heteroatoms. The van der Waals surface area contributed by atoms with Crippen LogP contribution in [0.15, 0.2) is 41.3 Å². The lowest BCUT2D eigenvalue weighted by Gasteiger charge is -2.15. The fourth-order valence-corrected chi connectivity index (χ4v) is 5.22. The standard InChI is InChI=1S/C16H19S/c1-13-9-10-16(17-11-5-2-6-12-17)15-8-4-3-7-14(13)15/h3-4,7-10H,2,5-6,11-12H2,1H3/q+1. The lowest BCUT2D eigenvalue weighted by atomic mass is 10.1. The van der Waals surface area contributed by atoms with Gasteiger partial charge in [-0.25, -0.2) is 0 Å². The Hall–Kier alpha value is -0.950. The zero-order valence-corrected chi connectivity index (χ0v) is 11.2. The first-order valence-corrected chi connectivity index (χ1v) is 8.08. The number of hydrogen-bond acceptors (Lipinski definition) is 0. The Bertz CT molecular complexity index is 524. The SMILES string of the molecule is Cc1ccc([S+]2CCCCC2)c2ccccc12. The molecule has 1 heterocycles. The third kappa shape index (κ3) is 2.09. The van der Waals surface area contributed by atoms with Crippen molar-refractivity contribution in [3.05, 3.63) is 42.0 Å². The van der Waals surface area contributed by atoms with Gasteiger partial charge in [0, 0.05) is 16.3 Å². The van der Waals surface area contributed by atoms with Crippen LogP contribution in [0.1, 0.15) is 24.8 Å². The summed E-state index contributed by atoms with van der Waals surface area (Å²) in [5.74, 6) is 2.82. The van der Waals surface area contributed by atoms with Gasteiger partial charge in [0.15, 0.2) is 4.90 Å². The lowest BCUT2D eigenvalue weighted by molar-refractivity contribution is 0.756. The van der Waals surface area contributed by atoms with E-state index in [0.29, 0.717) is 10.9 Å². The molecule has 0 aliphatic carbocycles. The second-order valence-electron chi connectivity index (χ2n) is 4.89. The molecular weight excluding hydrogens is 224 g/mol. The number of rotatable bonds is 1. The monoisotopic (exact) mass is 243 g/mol. The van der Waals surface area contributed by atoms with Gasteiger partial charge in [0.2, 0.25) is 0 Å². The molecule has 17 heavy (non-hydrogen) atoms. The minimum Gasteiger partial charge on any atom is -0.0616 e. The summed E-state index contributed by atoms with van der Waals surface area (Å²) < 4.78 is 0. The third-order valence-electron chi connectivity index (χ3n) is 3.69. The van der Waals surface area contributed by atoms with E-state index < -0.39 is 0 Å². The molecule has 0 atom stereocenters. The molecule has 0 nitrogen and oxygen atoms in total. The maximum Gasteiger partial charge on any atom is 0.162 e. The number of hydrogen-bond donors (Lipinski definition) is 0. The molecule has 1 fully saturated rings. The fraction of sp³-hybridized carbons (Fsp3) is 0.375. The molecule has 0 radical (unpaired) electrons. The summed E-state index contributed by atoms with van der Waals surface area (Å²) in [5, 5.41) is 2.95. The summed E-state index contributed by atoms with van der Waals surface area (Å²) in [6.07, 6.45) is 4.28. The average molecular weight is 243 g/mol. The summed E-state index contributed by atoms with van der Waals surface area (Å²) in [5.41, 5.74) is 1.41. The van der Waals surface area contributed by atoms with Crippen molar-refractivity contribution < 1.29 is 0 Å². The lowest BCUT2D eigenvalue weighted by Crippen LogP contribution is -2.17. The van der Waals surface area contributed by atoms with E-state index in [1.54, 1.807) is 4.90 Å². The molecule has 0 amide bonds. The van der Waals surface area contributed by atoms with Crippen LogP contribution in [0.5, 0.6) is 0 Å². The molecule has 2 aromatic rings. The van der Waals surface area contributed by atoms with Crippen molar-refractivity contribution >= 4 is 21.7 Å².